The molecule has 4 aliphatic rings. The normalized spacial score (nSPS) is 24.2. The van der Waals surface area contributed by atoms with Crippen LogP contribution in [0, 0.1) is 11.8 Å². The van der Waals surface area contributed by atoms with Crippen LogP contribution in [0.25, 0.3) is 21.8 Å². The first-order valence-electron chi connectivity index (χ1n) is 33.2. The Morgan fingerprint density at radius 1 is 0.522 bits per heavy atom. The van der Waals surface area contributed by atoms with Gasteiger partial charge in [0.1, 0.15) is 62.6 Å². The lowest BCUT2D eigenvalue weighted by atomic mass is 9.93. The Labute approximate surface area is 538 Å². The van der Waals surface area contributed by atoms with Gasteiger partial charge in [-0.2, -0.15) is 9.46 Å². The van der Waals surface area contributed by atoms with Gasteiger partial charge in [-0.1, -0.05) is 103 Å². The molecular weight excluding hydrogens is 1190 g/mol. The number of Topliss-reactive ketones (excluding diaryl/α,β-unsaturated/α-hetero) is 2. The van der Waals surface area contributed by atoms with E-state index in [1.165, 1.54) is 21.1 Å². The maximum absolute atomic E-state index is 14.2. The molecule has 0 aliphatic carbocycles. The number of piperidine rings is 2. The number of carbonyl (C=O) groups is 10. The van der Waals surface area contributed by atoms with E-state index in [2.05, 4.69) is 31.9 Å². The van der Waals surface area contributed by atoms with Gasteiger partial charge in [0, 0.05) is 61.9 Å². The molecule has 24 heteroatoms. The van der Waals surface area contributed by atoms with E-state index in [-0.39, 0.29) is 68.6 Å². The van der Waals surface area contributed by atoms with Crippen molar-refractivity contribution in [3.63, 3.8) is 0 Å². The highest BCUT2D eigenvalue weighted by Crippen LogP contribution is 2.28. The van der Waals surface area contributed by atoms with Crippen LogP contribution in [-0.4, -0.2) is 166 Å². The Hall–Kier alpha value is -7.92. The van der Waals surface area contributed by atoms with Gasteiger partial charge in [-0.15, -0.1) is 0 Å². The van der Waals surface area contributed by atoms with Crippen LogP contribution < -0.4 is 41.6 Å². The predicted octanol–water partition coefficient (Wildman–Crippen LogP) is 6.03. The molecule has 4 fully saturated rings. The van der Waals surface area contributed by atoms with Gasteiger partial charge < -0.3 is 51.4 Å². The number of carbonyl (C=O) groups excluding carboxylic acids is 10. The third-order valence-corrected chi connectivity index (χ3v) is 18.8. The van der Waals surface area contributed by atoms with E-state index < -0.39 is 108 Å². The number of unbranched alkanes of at least 4 members (excludes halogenated alkanes) is 3. The first-order chi connectivity index (χ1) is 44.1. The standard InChI is InChI=1S/2C34H48FN5O6/c1-5-21(2)30-34(45)39-18-12-11-16-28(39)33(44)36-25(14-7-6-8-17-29(41)22(3)35)31(42)37-26(32(43)38-30)19-23-20-40(46-4)27-15-10-9-13-24(23)27;1-5-21(3)30-34(45)39-18-12-11-17-28(39)33(44)36-25(15-9-8-14-24(35)29(41)6-2)31(42)37-26(32(43)38-30)19-22-20-40(46-4)27-16-10-7-13-23(22)27/h9-10,13,15,20-22,25-26,28,30H,5-8,11-12,14,16-19H2,1-4H3,(H,36,44)(H,37,42)(H,38,43);7,10,13,16,20-21,24-26,28,30H,5-6,8-9,11-12,14-15,17-19H2,1-4H3,(H,36,44)(H,37,42)(H,38,43)/t21-,22?,25?,26-,28+,30?;21?,24?,25-,26-,28+,30-/m00/s1. The lowest BCUT2D eigenvalue weighted by molar-refractivity contribution is -0.147. The molecule has 8 rings (SSSR count). The Kier molecular flexibility index (Phi) is 26.5. The van der Waals surface area contributed by atoms with Crippen molar-refractivity contribution in [3.8, 4) is 0 Å². The molecule has 5 unspecified atom stereocenters. The van der Waals surface area contributed by atoms with Gasteiger partial charge in [-0.3, -0.25) is 47.9 Å². The van der Waals surface area contributed by atoms with E-state index in [1.54, 1.807) is 38.6 Å². The van der Waals surface area contributed by atoms with E-state index in [0.29, 0.717) is 70.9 Å². The number of amides is 8. The highest BCUT2D eigenvalue weighted by atomic mass is 19.1. The van der Waals surface area contributed by atoms with Gasteiger partial charge in [0.15, 0.2) is 23.9 Å². The number of fused-ring (bicyclic) bond motifs is 4. The molecule has 2 aromatic carbocycles. The Morgan fingerprint density at radius 3 is 1.35 bits per heavy atom. The van der Waals surface area contributed by atoms with Crippen LogP contribution in [0.5, 0.6) is 0 Å². The number of halogens is 2. The molecule has 6 heterocycles. The maximum Gasteiger partial charge on any atom is 0.246 e. The zero-order valence-electron chi connectivity index (χ0n) is 54.7. The van der Waals surface area contributed by atoms with Gasteiger partial charge in [-0.05, 0) is 113 Å². The number of hydrogen-bond donors (Lipinski definition) is 6. The number of ketones is 2. The van der Waals surface area contributed by atoms with Crippen molar-refractivity contribution >= 4 is 80.6 Å². The molecule has 0 bridgehead atoms. The number of rotatable bonds is 24. The minimum Gasteiger partial charge on any atom is -0.417 e. The van der Waals surface area contributed by atoms with Gasteiger partial charge in [-0.25, -0.2) is 8.78 Å². The summed E-state index contributed by atoms with van der Waals surface area (Å²) >= 11 is 0. The minimum atomic E-state index is -1.56. The van der Waals surface area contributed by atoms with Crippen molar-refractivity contribution in [3.05, 3.63) is 72.1 Å². The van der Waals surface area contributed by atoms with Gasteiger partial charge in [0.25, 0.3) is 0 Å². The molecule has 8 amide bonds. The van der Waals surface area contributed by atoms with Crippen LogP contribution in [0.4, 0.5) is 8.78 Å². The Bertz CT molecular complexity index is 3240. The molecule has 4 aliphatic heterocycles. The molecule has 92 heavy (non-hydrogen) atoms. The summed E-state index contributed by atoms with van der Waals surface area (Å²) in [7, 11) is 3.08. The summed E-state index contributed by atoms with van der Waals surface area (Å²) in [6, 6.07) is 7.72. The summed E-state index contributed by atoms with van der Waals surface area (Å²) < 4.78 is 30.6. The molecule has 504 valence electrons. The smallest absolute Gasteiger partial charge is 0.246 e. The number of alkyl halides is 2. The van der Waals surface area contributed by atoms with Crippen molar-refractivity contribution in [2.45, 2.75) is 231 Å². The molecule has 0 radical (unpaired) electrons. The van der Waals surface area contributed by atoms with Crippen molar-refractivity contribution in [1.82, 2.24) is 51.2 Å². The zero-order valence-corrected chi connectivity index (χ0v) is 54.7. The van der Waals surface area contributed by atoms with E-state index in [4.69, 9.17) is 9.68 Å². The van der Waals surface area contributed by atoms with Crippen molar-refractivity contribution in [2.24, 2.45) is 11.8 Å². The SMILES string of the molecule is CCC(=O)C(F)CCCC[C@@H]1NC(=O)[C@H]2CCCCN2C(=O)[C@H](C(C)CC)NC(=O)[C@H](Cc2cn(OC)c3ccccc23)NC1=O.CC[C@H](C)C1NC(=O)[C@H](Cc2cn(OC)c3ccccc23)NC(=O)C(CCCCCC(=O)C(C)F)NC(=O)[C@H]2CCCCN2C1=O. The third-order valence-electron chi connectivity index (χ3n) is 18.8. The molecule has 0 spiro atoms. The van der Waals surface area contributed by atoms with E-state index in [1.807, 2.05) is 76.2 Å². The number of nitrogens with one attached hydrogen (secondary N) is 6. The third kappa shape index (κ3) is 18.0. The van der Waals surface area contributed by atoms with Crippen LogP contribution in [-0.2, 0) is 60.8 Å². The first kappa shape index (κ1) is 71.5. The maximum atomic E-state index is 14.2. The number of para-hydroxylation sites is 2. The highest BCUT2D eigenvalue weighted by molar-refractivity contribution is 6.00. The second kappa shape index (κ2) is 34.1. The summed E-state index contributed by atoms with van der Waals surface area (Å²) in [5.41, 5.74) is 3.11. The van der Waals surface area contributed by atoms with Gasteiger partial charge in [0.2, 0.25) is 47.3 Å². The predicted molar refractivity (Wildman–Crippen MR) is 343 cm³/mol. The second-order valence-corrected chi connectivity index (χ2v) is 25.1. The van der Waals surface area contributed by atoms with Crippen molar-refractivity contribution in [2.75, 3.05) is 27.3 Å². The molecule has 4 aromatic rings. The molecule has 12 atom stereocenters. The van der Waals surface area contributed by atoms with Crippen molar-refractivity contribution in [1.29, 1.82) is 0 Å². The average Bonchev–Trinajstić information content (AvgIpc) is 1.47. The Morgan fingerprint density at radius 2 is 0.935 bits per heavy atom. The summed E-state index contributed by atoms with van der Waals surface area (Å²) in [4.78, 5) is 149. The monoisotopic (exact) mass is 1280 g/mol. The summed E-state index contributed by atoms with van der Waals surface area (Å²) in [6.45, 7) is 11.3. The van der Waals surface area contributed by atoms with Crippen LogP contribution >= 0.6 is 0 Å². The zero-order chi connectivity index (χ0) is 66.8. The van der Waals surface area contributed by atoms with Crippen LogP contribution in [0.3, 0.4) is 0 Å². The van der Waals surface area contributed by atoms with Gasteiger partial charge >= 0.3 is 0 Å². The number of aromatic nitrogens is 2. The first-order valence-corrected chi connectivity index (χ1v) is 33.2. The largest absolute Gasteiger partial charge is 0.417 e. The Balaban J connectivity index is 0.000000261. The lowest BCUT2D eigenvalue weighted by Crippen LogP contribution is -2.64. The fourth-order valence-electron chi connectivity index (χ4n) is 12.8. The van der Waals surface area contributed by atoms with Crippen LogP contribution in [0.15, 0.2) is 60.9 Å². The summed E-state index contributed by atoms with van der Waals surface area (Å²) in [6.07, 6.45) is 8.73. The number of benzene rings is 2. The van der Waals surface area contributed by atoms with Crippen LogP contribution in [0.2, 0.25) is 0 Å². The second-order valence-electron chi connectivity index (χ2n) is 25.1. The fraction of sp³-hybridized carbons (Fsp3) is 0.618. The van der Waals surface area contributed by atoms with Gasteiger partial charge in [0.05, 0.1) is 11.0 Å². The van der Waals surface area contributed by atoms with Crippen molar-refractivity contribution < 1.29 is 66.4 Å². The van der Waals surface area contributed by atoms with Crippen LogP contribution in [0.1, 0.15) is 168 Å². The molecule has 0 saturated carbocycles. The highest BCUT2D eigenvalue weighted by Gasteiger charge is 2.43. The topological polar surface area (TPSA) is 278 Å². The summed E-state index contributed by atoms with van der Waals surface area (Å²) in [5.74, 6) is -4.82. The van der Waals surface area contributed by atoms with E-state index in [9.17, 15) is 56.7 Å². The molecule has 22 nitrogen and oxygen atoms in total. The van der Waals surface area contributed by atoms with E-state index >= 15 is 0 Å². The molecule has 2 aromatic heterocycles. The lowest BCUT2D eigenvalue weighted by Gasteiger charge is -2.39. The molecule has 6 N–H and O–H groups in total. The molecule has 4 saturated heterocycles. The summed E-state index contributed by atoms with van der Waals surface area (Å²) in [5, 5.41) is 19.1. The molecular formula is C68H96F2N10O12. The fourth-order valence-corrected chi connectivity index (χ4v) is 12.8. The average molecular weight is 1280 g/mol. The quantitative estimate of drug-likeness (QED) is 0.0439. The minimum absolute atomic E-state index is 0.0332. The number of nitrogens with zero attached hydrogens (tertiary/aromatic N) is 4. The number of hydrogen-bond acceptors (Lipinski definition) is 12. The van der Waals surface area contributed by atoms with E-state index in [0.717, 1.165) is 58.6 Å².